The Labute approximate surface area is 118 Å². The molecule has 2 aromatic rings. The van der Waals surface area contributed by atoms with Crippen molar-refractivity contribution >= 4 is 32.9 Å². The number of benzene rings is 1. The maximum atomic E-state index is 6.27. The number of nitrogens with two attached hydrogens (primary N) is 1. The molecule has 0 unspecified atom stereocenters. The fourth-order valence-corrected chi connectivity index (χ4v) is 3.37. The van der Waals surface area contributed by atoms with Crippen molar-refractivity contribution in [1.82, 2.24) is 4.98 Å². The first kappa shape index (κ1) is 12.7. The van der Waals surface area contributed by atoms with E-state index < -0.39 is 0 Å². The average Bonchev–Trinajstić information content (AvgIpc) is 3.07. The van der Waals surface area contributed by atoms with Crippen molar-refractivity contribution in [3.8, 4) is 0 Å². The molecule has 102 valence electrons. The van der Waals surface area contributed by atoms with Crippen molar-refractivity contribution in [1.29, 1.82) is 0 Å². The van der Waals surface area contributed by atoms with E-state index in [0.29, 0.717) is 6.04 Å². The molecular weight excluding hydrogens is 254 g/mol. The fourth-order valence-electron chi connectivity index (χ4n) is 2.51. The molecular formula is C15H21N3S. The molecule has 0 radical (unpaired) electrons. The molecule has 0 amide bonds. The Morgan fingerprint density at radius 1 is 1.42 bits per heavy atom. The van der Waals surface area contributed by atoms with Crippen molar-refractivity contribution in [3.63, 3.8) is 0 Å². The van der Waals surface area contributed by atoms with Crippen molar-refractivity contribution in [3.05, 3.63) is 17.1 Å². The second-order valence-corrected chi connectivity index (χ2v) is 7.04. The summed E-state index contributed by atoms with van der Waals surface area (Å²) in [5.74, 6) is 0.856. The molecule has 0 bridgehead atoms. The van der Waals surface area contributed by atoms with Gasteiger partial charge in [0.2, 0.25) is 0 Å². The van der Waals surface area contributed by atoms with Gasteiger partial charge in [0.15, 0.2) is 0 Å². The second kappa shape index (κ2) is 4.67. The van der Waals surface area contributed by atoms with E-state index in [2.05, 4.69) is 35.9 Å². The van der Waals surface area contributed by atoms with Crippen LogP contribution in [0.15, 0.2) is 12.1 Å². The zero-order valence-corrected chi connectivity index (χ0v) is 12.6. The molecule has 4 heteroatoms. The summed E-state index contributed by atoms with van der Waals surface area (Å²) in [5, 5.41) is 1.10. The number of rotatable bonds is 4. The Hall–Kier alpha value is -1.29. The molecule has 1 aromatic heterocycles. The predicted molar refractivity (Wildman–Crippen MR) is 84.0 cm³/mol. The standard InChI is InChI=1S/C15H21N3S/c1-9(2)18(8-11-4-5-11)14-7-13-15(6-12(14)16)19-10(3)17-13/h6-7,9,11H,4-5,8,16H2,1-3H3. The number of nitrogen functional groups attached to an aromatic ring is 1. The lowest BCUT2D eigenvalue weighted by Gasteiger charge is -2.30. The first-order chi connectivity index (χ1) is 9.04. The minimum atomic E-state index is 0.472. The minimum absolute atomic E-state index is 0.472. The Kier molecular flexibility index (Phi) is 3.13. The van der Waals surface area contributed by atoms with E-state index in [1.54, 1.807) is 11.3 Å². The summed E-state index contributed by atoms with van der Waals surface area (Å²) >= 11 is 1.71. The molecule has 3 nitrogen and oxygen atoms in total. The van der Waals surface area contributed by atoms with Crippen LogP contribution in [0, 0.1) is 12.8 Å². The van der Waals surface area contributed by atoms with Gasteiger partial charge in [-0.15, -0.1) is 11.3 Å². The summed E-state index contributed by atoms with van der Waals surface area (Å²) in [4.78, 5) is 7.02. The van der Waals surface area contributed by atoms with Crippen molar-refractivity contribution in [2.24, 2.45) is 5.92 Å². The van der Waals surface area contributed by atoms with Crippen LogP contribution in [0.4, 0.5) is 11.4 Å². The summed E-state index contributed by atoms with van der Waals surface area (Å²) in [6.45, 7) is 7.64. The number of anilines is 2. The number of fused-ring (bicyclic) bond motifs is 1. The number of aryl methyl sites for hydroxylation is 1. The SMILES string of the molecule is Cc1nc2cc(N(CC3CC3)C(C)C)c(N)cc2s1. The Morgan fingerprint density at radius 2 is 2.16 bits per heavy atom. The molecule has 19 heavy (non-hydrogen) atoms. The lowest BCUT2D eigenvalue weighted by molar-refractivity contribution is 0.646. The van der Waals surface area contributed by atoms with Gasteiger partial charge in [0.05, 0.1) is 26.6 Å². The fraction of sp³-hybridized carbons (Fsp3) is 0.533. The molecule has 2 N–H and O–H groups in total. The lowest BCUT2D eigenvalue weighted by atomic mass is 10.2. The quantitative estimate of drug-likeness (QED) is 0.863. The normalized spacial score (nSPS) is 15.4. The smallest absolute Gasteiger partial charge is 0.0907 e. The predicted octanol–water partition coefficient (Wildman–Crippen LogP) is 3.81. The second-order valence-electron chi connectivity index (χ2n) is 5.80. The topological polar surface area (TPSA) is 42.2 Å². The van der Waals surface area contributed by atoms with Gasteiger partial charge in [-0.2, -0.15) is 0 Å². The van der Waals surface area contributed by atoms with Crippen LogP contribution in [0.1, 0.15) is 31.7 Å². The highest BCUT2D eigenvalue weighted by atomic mass is 32.1. The van der Waals surface area contributed by atoms with Gasteiger partial charge in [-0.25, -0.2) is 4.98 Å². The van der Waals surface area contributed by atoms with Crippen LogP contribution in [0.25, 0.3) is 10.2 Å². The minimum Gasteiger partial charge on any atom is -0.397 e. The van der Waals surface area contributed by atoms with Crippen LogP contribution >= 0.6 is 11.3 Å². The first-order valence-corrected chi connectivity index (χ1v) is 7.79. The Balaban J connectivity index is 2.02. The third kappa shape index (κ3) is 2.54. The van der Waals surface area contributed by atoms with Crippen LogP contribution in [-0.4, -0.2) is 17.6 Å². The first-order valence-electron chi connectivity index (χ1n) is 6.98. The van der Waals surface area contributed by atoms with E-state index >= 15 is 0 Å². The van der Waals surface area contributed by atoms with Gasteiger partial charge in [0.1, 0.15) is 0 Å². The Bertz CT molecular complexity index is 599. The monoisotopic (exact) mass is 275 g/mol. The van der Waals surface area contributed by atoms with Gasteiger partial charge in [-0.05, 0) is 51.7 Å². The zero-order valence-electron chi connectivity index (χ0n) is 11.8. The van der Waals surface area contributed by atoms with Crippen LogP contribution in [-0.2, 0) is 0 Å². The van der Waals surface area contributed by atoms with Crippen LogP contribution in [0.3, 0.4) is 0 Å². The van der Waals surface area contributed by atoms with Gasteiger partial charge in [-0.3, -0.25) is 0 Å². The summed E-state index contributed by atoms with van der Waals surface area (Å²) < 4.78 is 1.19. The van der Waals surface area contributed by atoms with E-state index in [4.69, 9.17) is 5.73 Å². The summed E-state index contributed by atoms with van der Waals surface area (Å²) in [6, 6.07) is 4.72. The maximum absolute atomic E-state index is 6.27. The molecule has 0 spiro atoms. The number of hydrogen-bond acceptors (Lipinski definition) is 4. The molecule has 1 fully saturated rings. The van der Waals surface area contributed by atoms with Crippen molar-refractivity contribution < 1.29 is 0 Å². The largest absolute Gasteiger partial charge is 0.397 e. The molecule has 1 saturated carbocycles. The van der Waals surface area contributed by atoms with Gasteiger partial charge >= 0.3 is 0 Å². The van der Waals surface area contributed by atoms with E-state index in [9.17, 15) is 0 Å². The van der Waals surface area contributed by atoms with Gasteiger partial charge in [0, 0.05) is 12.6 Å². The molecule has 0 atom stereocenters. The van der Waals surface area contributed by atoms with Gasteiger partial charge in [0.25, 0.3) is 0 Å². The molecule has 0 saturated heterocycles. The third-order valence-corrected chi connectivity index (χ3v) is 4.66. The molecule has 1 heterocycles. The van der Waals surface area contributed by atoms with Crippen LogP contribution in [0.2, 0.25) is 0 Å². The van der Waals surface area contributed by atoms with Gasteiger partial charge in [-0.1, -0.05) is 0 Å². The zero-order chi connectivity index (χ0) is 13.6. The lowest BCUT2D eigenvalue weighted by Crippen LogP contribution is -2.33. The number of hydrogen-bond donors (Lipinski definition) is 1. The highest BCUT2D eigenvalue weighted by Crippen LogP contribution is 2.36. The highest BCUT2D eigenvalue weighted by molar-refractivity contribution is 7.18. The van der Waals surface area contributed by atoms with E-state index in [0.717, 1.165) is 34.4 Å². The average molecular weight is 275 g/mol. The molecule has 1 aliphatic carbocycles. The molecule has 0 aliphatic heterocycles. The number of nitrogens with zero attached hydrogens (tertiary/aromatic N) is 2. The van der Waals surface area contributed by atoms with E-state index in [-0.39, 0.29) is 0 Å². The van der Waals surface area contributed by atoms with Crippen LogP contribution in [0.5, 0.6) is 0 Å². The third-order valence-electron chi connectivity index (χ3n) is 3.73. The summed E-state index contributed by atoms with van der Waals surface area (Å²) in [6.07, 6.45) is 2.72. The number of thiazole rings is 1. The summed E-state index contributed by atoms with van der Waals surface area (Å²) in [5.41, 5.74) is 9.38. The van der Waals surface area contributed by atoms with Crippen molar-refractivity contribution in [2.45, 2.75) is 39.7 Å². The molecule has 1 aromatic carbocycles. The molecule has 3 rings (SSSR count). The highest BCUT2D eigenvalue weighted by Gasteiger charge is 2.26. The number of aromatic nitrogens is 1. The van der Waals surface area contributed by atoms with E-state index in [1.165, 1.54) is 17.5 Å². The van der Waals surface area contributed by atoms with Crippen molar-refractivity contribution in [2.75, 3.05) is 17.2 Å². The summed E-state index contributed by atoms with van der Waals surface area (Å²) in [7, 11) is 0. The van der Waals surface area contributed by atoms with E-state index in [1.807, 2.05) is 6.92 Å². The molecule has 1 aliphatic rings. The van der Waals surface area contributed by atoms with Crippen LogP contribution < -0.4 is 10.6 Å². The Morgan fingerprint density at radius 3 is 2.79 bits per heavy atom. The van der Waals surface area contributed by atoms with Gasteiger partial charge < -0.3 is 10.6 Å². The maximum Gasteiger partial charge on any atom is 0.0907 e.